The molecular formula is C15H26O2. The number of carbonyl (C=O) groups excluding carboxylic acids is 1. The van der Waals surface area contributed by atoms with Gasteiger partial charge in [0.25, 0.3) is 0 Å². The summed E-state index contributed by atoms with van der Waals surface area (Å²) in [5, 5.41) is 0. The van der Waals surface area contributed by atoms with Crippen LogP contribution in [0, 0.1) is 11.8 Å². The van der Waals surface area contributed by atoms with Gasteiger partial charge in [0.05, 0.1) is 7.11 Å². The number of allylic oxidation sites excluding steroid dienone is 3. The Labute approximate surface area is 106 Å². The van der Waals surface area contributed by atoms with Gasteiger partial charge >= 0.3 is 5.97 Å². The molecule has 0 aliphatic carbocycles. The van der Waals surface area contributed by atoms with E-state index in [2.05, 4.69) is 31.6 Å². The molecule has 1 unspecified atom stereocenters. The highest BCUT2D eigenvalue weighted by Gasteiger charge is 2.00. The molecule has 0 heterocycles. The van der Waals surface area contributed by atoms with E-state index in [1.807, 2.05) is 6.08 Å². The van der Waals surface area contributed by atoms with Crippen molar-refractivity contribution in [3.63, 3.8) is 0 Å². The maximum atomic E-state index is 10.8. The van der Waals surface area contributed by atoms with Crippen LogP contribution < -0.4 is 0 Å². The van der Waals surface area contributed by atoms with E-state index in [1.54, 1.807) is 6.08 Å². The van der Waals surface area contributed by atoms with Gasteiger partial charge in [-0.15, -0.1) is 0 Å². The summed E-state index contributed by atoms with van der Waals surface area (Å²) in [4.78, 5) is 10.8. The lowest BCUT2D eigenvalue weighted by Gasteiger charge is -2.09. The minimum Gasteiger partial charge on any atom is -0.466 e. The Hall–Kier alpha value is -1.05. The SMILES string of the molecule is COC(=O)C=CC=CCC(C)CCCC(C)C. The molecular weight excluding hydrogens is 212 g/mol. The molecule has 98 valence electrons. The van der Waals surface area contributed by atoms with Gasteiger partial charge in [0.1, 0.15) is 0 Å². The van der Waals surface area contributed by atoms with E-state index in [0.717, 1.165) is 18.3 Å². The predicted molar refractivity (Wildman–Crippen MR) is 72.8 cm³/mol. The Kier molecular flexibility index (Phi) is 9.50. The van der Waals surface area contributed by atoms with Crippen molar-refractivity contribution in [3.8, 4) is 0 Å². The van der Waals surface area contributed by atoms with Crippen molar-refractivity contribution < 1.29 is 9.53 Å². The van der Waals surface area contributed by atoms with Crippen LogP contribution in [0.3, 0.4) is 0 Å². The molecule has 0 fully saturated rings. The van der Waals surface area contributed by atoms with Crippen molar-refractivity contribution in [1.82, 2.24) is 0 Å². The average molecular weight is 238 g/mol. The fourth-order valence-corrected chi connectivity index (χ4v) is 1.58. The van der Waals surface area contributed by atoms with Crippen LogP contribution in [-0.4, -0.2) is 13.1 Å². The highest BCUT2D eigenvalue weighted by Crippen LogP contribution is 2.15. The van der Waals surface area contributed by atoms with E-state index in [9.17, 15) is 4.79 Å². The number of esters is 1. The van der Waals surface area contributed by atoms with Gasteiger partial charge in [0.2, 0.25) is 0 Å². The summed E-state index contributed by atoms with van der Waals surface area (Å²) in [6.07, 6.45) is 12.2. The van der Waals surface area contributed by atoms with E-state index in [4.69, 9.17) is 0 Å². The minimum atomic E-state index is -0.306. The van der Waals surface area contributed by atoms with Crippen molar-refractivity contribution in [2.45, 2.75) is 46.5 Å². The zero-order chi connectivity index (χ0) is 13.1. The van der Waals surface area contributed by atoms with Gasteiger partial charge in [-0.1, -0.05) is 58.3 Å². The van der Waals surface area contributed by atoms with Gasteiger partial charge in [-0.05, 0) is 18.3 Å². The molecule has 0 N–H and O–H groups in total. The molecule has 2 heteroatoms. The molecule has 0 rings (SSSR count). The van der Waals surface area contributed by atoms with Crippen LogP contribution in [0.5, 0.6) is 0 Å². The largest absolute Gasteiger partial charge is 0.466 e. The van der Waals surface area contributed by atoms with Gasteiger partial charge in [-0.25, -0.2) is 4.79 Å². The molecule has 0 radical (unpaired) electrons. The third-order valence-corrected chi connectivity index (χ3v) is 2.70. The average Bonchev–Trinajstić information content (AvgIpc) is 2.27. The molecule has 0 bridgehead atoms. The van der Waals surface area contributed by atoms with Gasteiger partial charge in [-0.3, -0.25) is 0 Å². The normalized spacial score (nSPS) is 13.7. The number of ether oxygens (including phenoxy) is 1. The van der Waals surface area contributed by atoms with Crippen LogP contribution in [0.15, 0.2) is 24.3 Å². The number of rotatable bonds is 8. The first-order chi connectivity index (χ1) is 8.06. The first-order valence-corrected chi connectivity index (χ1v) is 6.47. The molecule has 0 amide bonds. The fraction of sp³-hybridized carbons (Fsp3) is 0.667. The molecule has 1 atom stereocenters. The maximum Gasteiger partial charge on any atom is 0.330 e. The second kappa shape index (κ2) is 10.1. The Morgan fingerprint density at radius 1 is 1.18 bits per heavy atom. The lowest BCUT2D eigenvalue weighted by molar-refractivity contribution is -0.134. The molecule has 0 aromatic heterocycles. The number of methoxy groups -OCH3 is 1. The van der Waals surface area contributed by atoms with Gasteiger partial charge < -0.3 is 4.74 Å². The summed E-state index contributed by atoms with van der Waals surface area (Å²) in [7, 11) is 1.38. The molecule has 0 saturated heterocycles. The summed E-state index contributed by atoms with van der Waals surface area (Å²) in [6.45, 7) is 6.80. The second-order valence-electron chi connectivity index (χ2n) is 4.98. The third-order valence-electron chi connectivity index (χ3n) is 2.70. The molecule has 0 saturated carbocycles. The smallest absolute Gasteiger partial charge is 0.330 e. The standard InChI is InChI=1S/C15H26O2/c1-13(2)9-8-11-14(3)10-6-5-7-12-15(16)17-4/h5-7,12-14H,8-11H2,1-4H3. The zero-order valence-electron chi connectivity index (χ0n) is 11.6. The summed E-state index contributed by atoms with van der Waals surface area (Å²) < 4.78 is 4.49. The molecule has 0 aliphatic heterocycles. The number of hydrogen-bond acceptors (Lipinski definition) is 2. The van der Waals surface area contributed by atoms with Crippen molar-refractivity contribution in [1.29, 1.82) is 0 Å². The van der Waals surface area contributed by atoms with Gasteiger partial charge in [0.15, 0.2) is 0 Å². The van der Waals surface area contributed by atoms with Crippen LogP contribution in [0.1, 0.15) is 46.5 Å². The Bertz CT molecular complexity index is 252. The van der Waals surface area contributed by atoms with Crippen LogP contribution in [0.25, 0.3) is 0 Å². The first-order valence-electron chi connectivity index (χ1n) is 6.47. The fourth-order valence-electron chi connectivity index (χ4n) is 1.58. The number of hydrogen-bond donors (Lipinski definition) is 0. The predicted octanol–water partition coefficient (Wildman–Crippen LogP) is 4.12. The van der Waals surface area contributed by atoms with Crippen LogP contribution in [0.4, 0.5) is 0 Å². The number of carbonyl (C=O) groups is 1. The zero-order valence-corrected chi connectivity index (χ0v) is 11.6. The first kappa shape index (κ1) is 16.0. The van der Waals surface area contributed by atoms with Crippen molar-refractivity contribution in [2.75, 3.05) is 7.11 Å². The molecule has 0 spiro atoms. The summed E-state index contributed by atoms with van der Waals surface area (Å²) >= 11 is 0. The van der Waals surface area contributed by atoms with E-state index in [0.29, 0.717) is 0 Å². The van der Waals surface area contributed by atoms with Crippen molar-refractivity contribution in [2.24, 2.45) is 11.8 Å². The Morgan fingerprint density at radius 3 is 2.47 bits per heavy atom. The second-order valence-corrected chi connectivity index (χ2v) is 4.98. The quantitative estimate of drug-likeness (QED) is 0.361. The van der Waals surface area contributed by atoms with Crippen molar-refractivity contribution in [3.05, 3.63) is 24.3 Å². The van der Waals surface area contributed by atoms with E-state index >= 15 is 0 Å². The van der Waals surface area contributed by atoms with E-state index in [-0.39, 0.29) is 5.97 Å². The molecule has 0 aliphatic rings. The van der Waals surface area contributed by atoms with Gasteiger partial charge in [0, 0.05) is 6.08 Å². The minimum absolute atomic E-state index is 0.306. The summed E-state index contributed by atoms with van der Waals surface area (Å²) in [5.74, 6) is 1.22. The lowest BCUT2D eigenvalue weighted by atomic mass is 9.97. The molecule has 17 heavy (non-hydrogen) atoms. The summed E-state index contributed by atoms with van der Waals surface area (Å²) in [5.41, 5.74) is 0. The maximum absolute atomic E-state index is 10.8. The Balaban J connectivity index is 3.62. The van der Waals surface area contributed by atoms with E-state index in [1.165, 1.54) is 32.4 Å². The topological polar surface area (TPSA) is 26.3 Å². The van der Waals surface area contributed by atoms with Crippen LogP contribution >= 0.6 is 0 Å². The molecule has 2 nitrogen and oxygen atoms in total. The van der Waals surface area contributed by atoms with E-state index < -0.39 is 0 Å². The molecule has 0 aromatic carbocycles. The monoisotopic (exact) mass is 238 g/mol. The van der Waals surface area contributed by atoms with Crippen LogP contribution in [0.2, 0.25) is 0 Å². The van der Waals surface area contributed by atoms with Crippen LogP contribution in [-0.2, 0) is 9.53 Å². The molecule has 0 aromatic rings. The third kappa shape index (κ3) is 11.2. The lowest BCUT2D eigenvalue weighted by Crippen LogP contribution is -1.95. The highest BCUT2D eigenvalue weighted by atomic mass is 16.5. The van der Waals surface area contributed by atoms with Gasteiger partial charge in [-0.2, -0.15) is 0 Å². The Morgan fingerprint density at radius 2 is 1.88 bits per heavy atom. The highest BCUT2D eigenvalue weighted by molar-refractivity contribution is 5.82. The van der Waals surface area contributed by atoms with Crippen molar-refractivity contribution >= 4 is 5.97 Å². The summed E-state index contributed by atoms with van der Waals surface area (Å²) in [6, 6.07) is 0.